The third kappa shape index (κ3) is 2.50. The molecule has 80 valence electrons. The first-order valence-corrected chi connectivity index (χ1v) is 4.26. The largest absolute Gasteiger partial charge is 0.417 e. The lowest BCUT2D eigenvalue weighted by molar-refractivity contribution is -0.137. The molecule has 0 amide bonds. The average Bonchev–Trinajstić information content (AvgIpc) is 2.09. The lowest BCUT2D eigenvalue weighted by Gasteiger charge is -2.10. The fourth-order valence-electron chi connectivity index (χ4n) is 0.908. The van der Waals surface area contributed by atoms with Crippen molar-refractivity contribution in [2.75, 3.05) is 0 Å². The van der Waals surface area contributed by atoms with E-state index >= 15 is 0 Å². The van der Waals surface area contributed by atoms with Crippen molar-refractivity contribution in [1.82, 2.24) is 0 Å². The zero-order chi connectivity index (χ0) is 11.6. The summed E-state index contributed by atoms with van der Waals surface area (Å²) in [5, 5.41) is -0.852. The van der Waals surface area contributed by atoms with Crippen LogP contribution in [0.5, 0.6) is 0 Å². The SMILES string of the molecule is O=C=Nc1c(Cl)ccc(C(F)(F)F)c1Cl. The van der Waals surface area contributed by atoms with E-state index in [1.165, 1.54) is 0 Å². The number of alkyl halides is 3. The van der Waals surface area contributed by atoms with Gasteiger partial charge in [-0.15, -0.1) is 0 Å². The van der Waals surface area contributed by atoms with Crippen molar-refractivity contribution in [3.05, 3.63) is 27.7 Å². The molecule has 0 aromatic heterocycles. The van der Waals surface area contributed by atoms with Crippen molar-refractivity contribution in [1.29, 1.82) is 0 Å². The molecule has 0 heterocycles. The van der Waals surface area contributed by atoms with E-state index in [1.54, 1.807) is 0 Å². The van der Waals surface area contributed by atoms with Gasteiger partial charge in [-0.1, -0.05) is 23.2 Å². The van der Waals surface area contributed by atoms with E-state index in [1.807, 2.05) is 0 Å². The molecule has 0 spiro atoms. The molecule has 0 fully saturated rings. The minimum Gasteiger partial charge on any atom is -0.211 e. The highest BCUT2D eigenvalue weighted by molar-refractivity contribution is 6.39. The van der Waals surface area contributed by atoms with Crippen molar-refractivity contribution in [2.45, 2.75) is 6.18 Å². The highest BCUT2D eigenvalue weighted by Gasteiger charge is 2.34. The minimum atomic E-state index is -4.62. The Morgan fingerprint density at radius 2 is 1.87 bits per heavy atom. The van der Waals surface area contributed by atoms with Crippen molar-refractivity contribution >= 4 is 35.0 Å². The van der Waals surface area contributed by atoms with Gasteiger partial charge >= 0.3 is 6.18 Å². The van der Waals surface area contributed by atoms with Gasteiger partial charge in [0.15, 0.2) is 0 Å². The van der Waals surface area contributed by atoms with E-state index in [0.717, 1.165) is 12.1 Å². The van der Waals surface area contributed by atoms with E-state index < -0.39 is 22.4 Å². The Labute approximate surface area is 92.3 Å². The Morgan fingerprint density at radius 3 is 2.33 bits per heavy atom. The topological polar surface area (TPSA) is 29.4 Å². The van der Waals surface area contributed by atoms with Gasteiger partial charge in [-0.2, -0.15) is 18.2 Å². The van der Waals surface area contributed by atoms with Gasteiger partial charge in [-0.3, -0.25) is 0 Å². The van der Waals surface area contributed by atoms with E-state index in [4.69, 9.17) is 23.2 Å². The molecule has 0 bridgehead atoms. The van der Waals surface area contributed by atoms with Crippen molar-refractivity contribution < 1.29 is 18.0 Å². The maximum Gasteiger partial charge on any atom is 0.417 e. The number of nitrogens with zero attached hydrogens (tertiary/aromatic N) is 1. The Kier molecular flexibility index (Phi) is 3.39. The summed E-state index contributed by atoms with van der Waals surface area (Å²) in [6.45, 7) is 0. The van der Waals surface area contributed by atoms with Crippen LogP contribution in [0, 0.1) is 0 Å². The fourth-order valence-corrected chi connectivity index (χ4v) is 1.47. The van der Waals surface area contributed by atoms with Gasteiger partial charge in [-0.05, 0) is 12.1 Å². The first-order chi connectivity index (χ1) is 6.88. The van der Waals surface area contributed by atoms with Gasteiger partial charge < -0.3 is 0 Å². The van der Waals surface area contributed by atoms with Crippen molar-refractivity contribution in [2.24, 2.45) is 4.99 Å². The number of hydrogen-bond donors (Lipinski definition) is 0. The summed E-state index contributed by atoms with van der Waals surface area (Å²) in [4.78, 5) is 13.0. The second kappa shape index (κ2) is 4.23. The summed E-state index contributed by atoms with van der Waals surface area (Å²) in [5.74, 6) is 0. The maximum atomic E-state index is 12.3. The monoisotopic (exact) mass is 255 g/mol. The number of hydrogen-bond acceptors (Lipinski definition) is 2. The standard InChI is InChI=1S/C8H2Cl2F3NO/c9-5-2-1-4(8(11,12)13)6(10)7(5)14-3-15/h1-2H. The molecule has 7 heteroatoms. The van der Waals surface area contributed by atoms with Crippen LogP contribution in [0.25, 0.3) is 0 Å². The van der Waals surface area contributed by atoms with Gasteiger partial charge in [0, 0.05) is 0 Å². The molecule has 0 N–H and O–H groups in total. The van der Waals surface area contributed by atoms with Gasteiger partial charge in [0.2, 0.25) is 6.08 Å². The Bertz CT molecular complexity index is 438. The first-order valence-electron chi connectivity index (χ1n) is 3.51. The van der Waals surface area contributed by atoms with Crippen LogP contribution in [-0.2, 0) is 11.0 Å². The third-order valence-electron chi connectivity index (χ3n) is 1.53. The van der Waals surface area contributed by atoms with Crippen LogP contribution in [-0.4, -0.2) is 6.08 Å². The summed E-state index contributed by atoms with van der Waals surface area (Å²) in [5.41, 5.74) is -1.52. The van der Waals surface area contributed by atoms with E-state index in [-0.39, 0.29) is 5.02 Å². The fraction of sp³-hybridized carbons (Fsp3) is 0.125. The molecule has 0 aliphatic heterocycles. The van der Waals surface area contributed by atoms with E-state index in [2.05, 4.69) is 4.99 Å². The van der Waals surface area contributed by atoms with E-state index in [0.29, 0.717) is 6.07 Å². The molecule has 1 rings (SSSR count). The van der Waals surface area contributed by atoms with Gasteiger partial charge in [0.05, 0.1) is 15.6 Å². The van der Waals surface area contributed by atoms with Gasteiger partial charge in [0.1, 0.15) is 5.69 Å². The van der Waals surface area contributed by atoms with Crippen LogP contribution in [0.3, 0.4) is 0 Å². The molecule has 1 aromatic rings. The quantitative estimate of drug-likeness (QED) is 0.552. The molecule has 0 unspecified atom stereocenters. The number of aliphatic imine (C=N–C) groups is 1. The van der Waals surface area contributed by atoms with Crippen LogP contribution in [0.1, 0.15) is 5.56 Å². The first kappa shape index (κ1) is 12.0. The summed E-state index contributed by atoms with van der Waals surface area (Å²) in [6.07, 6.45) is -3.53. The number of benzene rings is 1. The molecule has 2 nitrogen and oxygen atoms in total. The van der Waals surface area contributed by atoms with Crippen molar-refractivity contribution in [3.8, 4) is 0 Å². The third-order valence-corrected chi connectivity index (χ3v) is 2.22. The summed E-state index contributed by atoms with van der Waals surface area (Å²) in [7, 11) is 0. The Balaban J connectivity index is 3.48. The number of carbonyl (C=O) groups excluding carboxylic acids is 1. The summed E-state index contributed by atoms with van der Waals surface area (Å²) >= 11 is 10.9. The van der Waals surface area contributed by atoms with Crippen LogP contribution in [0.4, 0.5) is 18.9 Å². The lowest BCUT2D eigenvalue weighted by Crippen LogP contribution is -2.05. The van der Waals surface area contributed by atoms with Crippen molar-refractivity contribution in [3.63, 3.8) is 0 Å². The molecular formula is C8H2Cl2F3NO. The molecular weight excluding hydrogens is 254 g/mol. The average molecular weight is 256 g/mol. The van der Waals surface area contributed by atoms with Crippen LogP contribution >= 0.6 is 23.2 Å². The van der Waals surface area contributed by atoms with Crippen LogP contribution in [0.15, 0.2) is 17.1 Å². The Hall–Kier alpha value is -1.03. The lowest BCUT2D eigenvalue weighted by atomic mass is 10.2. The summed E-state index contributed by atoms with van der Waals surface area (Å²) < 4.78 is 37.0. The maximum absolute atomic E-state index is 12.3. The zero-order valence-corrected chi connectivity index (χ0v) is 8.41. The van der Waals surface area contributed by atoms with Gasteiger partial charge in [0.25, 0.3) is 0 Å². The molecule has 0 atom stereocenters. The second-order valence-electron chi connectivity index (χ2n) is 2.46. The molecule has 0 saturated heterocycles. The van der Waals surface area contributed by atoms with Crippen LogP contribution in [0.2, 0.25) is 10.0 Å². The number of halogens is 5. The van der Waals surface area contributed by atoms with Gasteiger partial charge in [-0.25, -0.2) is 4.79 Å². The zero-order valence-electron chi connectivity index (χ0n) is 6.90. The van der Waals surface area contributed by atoms with Crippen LogP contribution < -0.4 is 0 Å². The highest BCUT2D eigenvalue weighted by Crippen LogP contribution is 2.42. The highest BCUT2D eigenvalue weighted by atomic mass is 35.5. The Morgan fingerprint density at radius 1 is 1.27 bits per heavy atom. The minimum absolute atomic E-state index is 0.142. The number of rotatable bonds is 1. The predicted octanol–water partition coefficient (Wildman–Crippen LogP) is 3.98. The van der Waals surface area contributed by atoms with E-state index in [9.17, 15) is 18.0 Å². The summed E-state index contributed by atoms with van der Waals surface area (Å²) in [6, 6.07) is 1.68. The molecule has 0 aliphatic rings. The normalized spacial score (nSPS) is 11.0. The molecule has 15 heavy (non-hydrogen) atoms. The smallest absolute Gasteiger partial charge is 0.211 e. The number of isocyanates is 1. The molecule has 0 radical (unpaired) electrons. The molecule has 0 aliphatic carbocycles. The predicted molar refractivity (Wildman–Crippen MR) is 49.2 cm³/mol. The molecule has 0 saturated carbocycles. The molecule has 1 aromatic carbocycles. The second-order valence-corrected chi connectivity index (χ2v) is 3.24.